The van der Waals surface area contributed by atoms with Gasteiger partial charge >= 0.3 is 11.9 Å². The minimum atomic E-state index is -1.23. The van der Waals surface area contributed by atoms with Gasteiger partial charge in [0.1, 0.15) is 0 Å². The van der Waals surface area contributed by atoms with Crippen molar-refractivity contribution in [2.24, 2.45) is 11.5 Å². The van der Waals surface area contributed by atoms with Crippen molar-refractivity contribution in [2.75, 3.05) is 0 Å². The number of hydrogen-bond acceptors (Lipinski definition) is 4. The second-order valence-electron chi connectivity index (χ2n) is 3.96. The molecular weight excluding hydrogens is 248 g/mol. The van der Waals surface area contributed by atoms with Gasteiger partial charge < -0.3 is 21.7 Å². The molecule has 0 heterocycles. The number of benzene rings is 1. The van der Waals surface area contributed by atoms with Crippen LogP contribution in [0, 0.1) is 0 Å². The Kier molecular flexibility index (Phi) is 8.15. The Morgan fingerprint density at radius 1 is 1.11 bits per heavy atom. The number of nitrogens with two attached hydrogens (primary N) is 2. The zero-order valence-electron chi connectivity index (χ0n) is 10.9. The first-order valence-corrected chi connectivity index (χ1v) is 5.96. The molecule has 6 heteroatoms. The minimum Gasteiger partial charge on any atom is -0.478 e. The van der Waals surface area contributed by atoms with Crippen molar-refractivity contribution in [1.29, 1.82) is 0 Å². The molecule has 6 N–H and O–H groups in total. The third-order valence-corrected chi connectivity index (χ3v) is 2.28. The van der Waals surface area contributed by atoms with E-state index in [1.165, 1.54) is 30.7 Å². The van der Waals surface area contributed by atoms with Crippen LogP contribution in [0.15, 0.2) is 24.3 Å². The molecular formula is C13H20N2O4. The highest BCUT2D eigenvalue weighted by Gasteiger charge is 2.13. The zero-order valence-corrected chi connectivity index (χ0v) is 10.9. The molecule has 0 bridgehead atoms. The molecule has 0 amide bonds. The molecule has 106 valence electrons. The normalized spacial score (nSPS) is 9.68. The third-order valence-electron chi connectivity index (χ3n) is 2.28. The monoisotopic (exact) mass is 268 g/mol. The summed E-state index contributed by atoms with van der Waals surface area (Å²) >= 11 is 0. The van der Waals surface area contributed by atoms with Crippen LogP contribution >= 0.6 is 0 Å². The van der Waals surface area contributed by atoms with Gasteiger partial charge in [0.2, 0.25) is 0 Å². The second kappa shape index (κ2) is 9.07. The van der Waals surface area contributed by atoms with E-state index < -0.39 is 11.9 Å². The molecule has 0 aromatic heterocycles. The molecule has 6 nitrogen and oxygen atoms in total. The number of carboxylic acid groups (broad SMARTS) is 2. The second-order valence-corrected chi connectivity index (χ2v) is 3.96. The highest BCUT2D eigenvalue weighted by atomic mass is 16.4. The predicted molar refractivity (Wildman–Crippen MR) is 72.0 cm³/mol. The number of hydrogen-bond donors (Lipinski definition) is 4. The van der Waals surface area contributed by atoms with Crippen molar-refractivity contribution in [2.45, 2.75) is 32.4 Å². The molecule has 0 aliphatic heterocycles. The van der Waals surface area contributed by atoms with E-state index in [9.17, 15) is 9.59 Å². The highest BCUT2D eigenvalue weighted by Crippen LogP contribution is 2.07. The average molecular weight is 268 g/mol. The van der Waals surface area contributed by atoms with E-state index in [1.54, 1.807) is 0 Å². The van der Waals surface area contributed by atoms with E-state index in [-0.39, 0.29) is 17.3 Å². The summed E-state index contributed by atoms with van der Waals surface area (Å²) in [5.41, 5.74) is 10.1. The molecule has 0 saturated carbocycles. The van der Waals surface area contributed by atoms with Gasteiger partial charge in [0, 0.05) is 0 Å². The lowest BCUT2D eigenvalue weighted by Crippen LogP contribution is -2.29. The lowest BCUT2D eigenvalue weighted by atomic mass is 10.1. The zero-order chi connectivity index (χ0) is 14.8. The van der Waals surface area contributed by atoms with E-state index >= 15 is 0 Å². The Hall–Kier alpha value is -1.92. The number of carboxylic acids is 2. The van der Waals surface area contributed by atoms with E-state index in [1.807, 2.05) is 0 Å². The molecule has 0 saturated heterocycles. The molecule has 1 aromatic carbocycles. The van der Waals surface area contributed by atoms with Gasteiger partial charge in [-0.25, -0.2) is 9.59 Å². The van der Waals surface area contributed by atoms with Crippen LogP contribution in [-0.4, -0.2) is 28.3 Å². The van der Waals surface area contributed by atoms with E-state index in [2.05, 4.69) is 6.92 Å². The number of carbonyl (C=O) groups is 2. The lowest BCUT2D eigenvalue weighted by Gasteiger charge is -2.00. The predicted octanol–water partition coefficient (Wildman–Crippen LogP) is 1.50. The standard InChI is InChI=1S/C8H6O4.C5H14N2/c9-7(10)5-3-1-2-4-6(5)8(11)12;1-2-3-4-5(6)7/h1-4H,(H,9,10)(H,11,12);5H,2-4,6-7H2,1H3. The van der Waals surface area contributed by atoms with Gasteiger partial charge in [-0.15, -0.1) is 0 Å². The minimum absolute atomic E-state index is 0.0973. The Bertz CT molecular complexity index is 386. The van der Waals surface area contributed by atoms with Gasteiger partial charge in [0.25, 0.3) is 0 Å². The molecule has 0 aliphatic carbocycles. The van der Waals surface area contributed by atoms with Crippen molar-refractivity contribution in [3.63, 3.8) is 0 Å². The van der Waals surface area contributed by atoms with Gasteiger partial charge in [-0.05, 0) is 18.6 Å². The summed E-state index contributed by atoms with van der Waals surface area (Å²) in [6.45, 7) is 2.13. The van der Waals surface area contributed by atoms with Gasteiger partial charge in [0.15, 0.2) is 0 Å². The Morgan fingerprint density at radius 2 is 1.53 bits per heavy atom. The average Bonchev–Trinajstić information content (AvgIpc) is 2.36. The fourth-order valence-electron chi connectivity index (χ4n) is 1.30. The smallest absolute Gasteiger partial charge is 0.336 e. The van der Waals surface area contributed by atoms with E-state index in [0.29, 0.717) is 0 Å². The molecule has 1 rings (SSSR count). The summed E-state index contributed by atoms with van der Waals surface area (Å²) < 4.78 is 0. The van der Waals surface area contributed by atoms with Gasteiger partial charge in [0.05, 0.1) is 17.3 Å². The summed E-state index contributed by atoms with van der Waals surface area (Å²) in [6, 6.07) is 5.48. The van der Waals surface area contributed by atoms with Crippen LogP contribution < -0.4 is 11.5 Å². The summed E-state index contributed by atoms with van der Waals surface area (Å²) in [7, 11) is 0. The SMILES string of the molecule is CCCCC(N)N.O=C(O)c1ccccc1C(=O)O. The molecule has 0 fully saturated rings. The molecule has 0 atom stereocenters. The van der Waals surface area contributed by atoms with Crippen molar-refractivity contribution in [1.82, 2.24) is 0 Å². The first kappa shape index (κ1) is 17.1. The molecule has 1 aromatic rings. The number of rotatable bonds is 5. The fraction of sp³-hybridized carbons (Fsp3) is 0.385. The van der Waals surface area contributed by atoms with Crippen molar-refractivity contribution in [3.8, 4) is 0 Å². The largest absolute Gasteiger partial charge is 0.478 e. The Morgan fingerprint density at radius 3 is 1.74 bits per heavy atom. The Labute approximate surface area is 112 Å². The van der Waals surface area contributed by atoms with E-state index in [0.717, 1.165) is 12.8 Å². The third kappa shape index (κ3) is 7.17. The van der Waals surface area contributed by atoms with Crippen LogP contribution in [0.1, 0.15) is 46.9 Å². The first-order valence-electron chi connectivity index (χ1n) is 5.96. The summed E-state index contributed by atoms with van der Waals surface area (Å²) in [5.74, 6) is -2.46. The fourth-order valence-corrected chi connectivity index (χ4v) is 1.30. The number of unbranched alkanes of at least 4 members (excludes halogenated alkanes) is 1. The highest BCUT2D eigenvalue weighted by molar-refractivity contribution is 6.01. The van der Waals surface area contributed by atoms with Crippen LogP contribution in [0.5, 0.6) is 0 Å². The number of aromatic carboxylic acids is 2. The summed E-state index contributed by atoms with van der Waals surface area (Å²) in [6.07, 6.45) is 3.19. The van der Waals surface area contributed by atoms with E-state index in [4.69, 9.17) is 21.7 Å². The van der Waals surface area contributed by atoms with Gasteiger partial charge in [-0.2, -0.15) is 0 Å². The summed E-state index contributed by atoms with van der Waals surface area (Å²) in [4.78, 5) is 20.9. The maximum absolute atomic E-state index is 10.5. The van der Waals surface area contributed by atoms with Crippen LogP contribution in [0.2, 0.25) is 0 Å². The molecule has 0 spiro atoms. The maximum Gasteiger partial charge on any atom is 0.336 e. The van der Waals surface area contributed by atoms with Gasteiger partial charge in [-0.3, -0.25) is 0 Å². The van der Waals surface area contributed by atoms with Crippen LogP contribution in [0.4, 0.5) is 0 Å². The molecule has 19 heavy (non-hydrogen) atoms. The van der Waals surface area contributed by atoms with Crippen LogP contribution in [0.3, 0.4) is 0 Å². The van der Waals surface area contributed by atoms with Crippen LogP contribution in [0.25, 0.3) is 0 Å². The topological polar surface area (TPSA) is 127 Å². The quantitative estimate of drug-likeness (QED) is 0.599. The molecule has 0 aliphatic rings. The molecule has 0 unspecified atom stereocenters. The lowest BCUT2D eigenvalue weighted by molar-refractivity contribution is 0.0651. The van der Waals surface area contributed by atoms with Gasteiger partial charge in [-0.1, -0.05) is 31.9 Å². The van der Waals surface area contributed by atoms with Crippen molar-refractivity contribution >= 4 is 11.9 Å². The van der Waals surface area contributed by atoms with Crippen molar-refractivity contribution in [3.05, 3.63) is 35.4 Å². The molecule has 0 radical (unpaired) electrons. The van der Waals surface area contributed by atoms with Crippen molar-refractivity contribution < 1.29 is 19.8 Å². The summed E-state index contributed by atoms with van der Waals surface area (Å²) in [5, 5.41) is 17.1. The first-order chi connectivity index (χ1) is 8.90. The van der Waals surface area contributed by atoms with Crippen LogP contribution in [-0.2, 0) is 0 Å². The maximum atomic E-state index is 10.5. The Balaban J connectivity index is 0.000000399.